The van der Waals surface area contributed by atoms with Gasteiger partial charge in [0.2, 0.25) is 0 Å². The van der Waals surface area contributed by atoms with Gasteiger partial charge in [-0.1, -0.05) is 0 Å². The summed E-state index contributed by atoms with van der Waals surface area (Å²) in [5.74, 6) is -4.12. The number of ether oxygens (including phenoxy) is 2. The standard InChI is InChI=1S/C11H18NO6/c1-8(14)17-11(7-13,18-9(2)15)10(16)5-3-4-6-12/h10,16H,3-6,12H2,1-2H3. The van der Waals surface area contributed by atoms with E-state index in [0.717, 1.165) is 13.8 Å². The highest BCUT2D eigenvalue weighted by atomic mass is 16.7. The first kappa shape index (κ1) is 16.5. The lowest BCUT2D eigenvalue weighted by molar-refractivity contribution is -0.229. The monoisotopic (exact) mass is 260 g/mol. The maximum absolute atomic E-state index is 10.9. The highest BCUT2D eigenvalue weighted by molar-refractivity contribution is 5.76. The topological polar surface area (TPSA) is 116 Å². The molecule has 0 spiro atoms. The van der Waals surface area contributed by atoms with E-state index in [-0.39, 0.29) is 6.42 Å². The largest absolute Gasteiger partial charge is 0.412 e. The molecule has 7 nitrogen and oxygen atoms in total. The van der Waals surface area contributed by atoms with Crippen LogP contribution in [0.15, 0.2) is 0 Å². The fraction of sp³-hybridized carbons (Fsp3) is 0.727. The number of hydrogen-bond acceptors (Lipinski definition) is 7. The van der Waals surface area contributed by atoms with Crippen molar-refractivity contribution in [2.45, 2.75) is 45.0 Å². The summed E-state index contributed by atoms with van der Waals surface area (Å²) in [5.41, 5.74) is 5.29. The molecular formula is C11H18NO6. The van der Waals surface area contributed by atoms with Gasteiger partial charge in [0.25, 0.3) is 6.29 Å². The molecule has 0 saturated carbocycles. The number of nitrogens with two attached hydrogens (primary N) is 1. The van der Waals surface area contributed by atoms with Gasteiger partial charge in [0.15, 0.2) is 0 Å². The first-order valence-electron chi connectivity index (χ1n) is 5.54. The molecule has 3 N–H and O–H groups in total. The Labute approximate surface area is 105 Å². The lowest BCUT2D eigenvalue weighted by Gasteiger charge is -2.30. The SMILES string of the molecule is CC(=O)OC([C]=O)(OC(C)=O)C(O)CCCCN. The molecular weight excluding hydrogens is 242 g/mol. The molecule has 0 rings (SSSR count). The van der Waals surface area contributed by atoms with Crippen molar-refractivity contribution < 1.29 is 29.0 Å². The number of aliphatic hydroxyl groups excluding tert-OH is 1. The van der Waals surface area contributed by atoms with E-state index in [2.05, 4.69) is 9.47 Å². The van der Waals surface area contributed by atoms with E-state index >= 15 is 0 Å². The number of carbonyl (C=O) groups excluding carboxylic acids is 3. The third-order valence-electron chi connectivity index (χ3n) is 2.10. The van der Waals surface area contributed by atoms with Crippen molar-refractivity contribution in [2.24, 2.45) is 5.73 Å². The molecule has 0 aliphatic rings. The van der Waals surface area contributed by atoms with Crippen LogP contribution in [0.5, 0.6) is 0 Å². The van der Waals surface area contributed by atoms with Gasteiger partial charge >= 0.3 is 17.7 Å². The van der Waals surface area contributed by atoms with E-state index < -0.39 is 23.8 Å². The van der Waals surface area contributed by atoms with Crippen molar-refractivity contribution in [1.29, 1.82) is 0 Å². The average molecular weight is 260 g/mol. The summed E-state index contributed by atoms with van der Waals surface area (Å²) in [7, 11) is 0. The van der Waals surface area contributed by atoms with Gasteiger partial charge in [-0.25, -0.2) is 0 Å². The predicted molar refractivity (Wildman–Crippen MR) is 60.9 cm³/mol. The van der Waals surface area contributed by atoms with Crippen LogP contribution in [0.2, 0.25) is 0 Å². The fourth-order valence-electron chi connectivity index (χ4n) is 1.37. The molecule has 0 saturated heterocycles. The number of hydrogen-bond donors (Lipinski definition) is 2. The van der Waals surface area contributed by atoms with Crippen molar-refractivity contribution in [3.05, 3.63) is 0 Å². The first-order chi connectivity index (χ1) is 8.38. The second-order valence-electron chi connectivity index (χ2n) is 3.76. The van der Waals surface area contributed by atoms with E-state index in [9.17, 15) is 19.5 Å². The molecule has 0 fully saturated rings. The maximum Gasteiger partial charge on any atom is 0.350 e. The summed E-state index contributed by atoms with van der Waals surface area (Å²) in [4.78, 5) is 32.7. The van der Waals surface area contributed by atoms with E-state index in [4.69, 9.17) is 5.73 Å². The minimum Gasteiger partial charge on any atom is -0.412 e. The Morgan fingerprint density at radius 1 is 1.28 bits per heavy atom. The van der Waals surface area contributed by atoms with Crippen molar-refractivity contribution in [2.75, 3.05) is 6.54 Å². The van der Waals surface area contributed by atoms with Gasteiger partial charge in [0, 0.05) is 13.8 Å². The van der Waals surface area contributed by atoms with Gasteiger partial charge in [-0.2, -0.15) is 0 Å². The molecule has 0 amide bonds. The molecule has 0 aromatic carbocycles. The van der Waals surface area contributed by atoms with Gasteiger partial charge in [-0.3, -0.25) is 14.4 Å². The van der Waals surface area contributed by atoms with Crippen LogP contribution in [0.3, 0.4) is 0 Å². The van der Waals surface area contributed by atoms with Gasteiger partial charge < -0.3 is 20.3 Å². The fourth-order valence-corrected chi connectivity index (χ4v) is 1.37. The highest BCUT2D eigenvalue weighted by Gasteiger charge is 2.46. The molecule has 7 heteroatoms. The molecule has 1 atom stereocenters. The van der Waals surface area contributed by atoms with Crippen LogP contribution < -0.4 is 5.73 Å². The van der Waals surface area contributed by atoms with Gasteiger partial charge in [0.05, 0.1) is 0 Å². The van der Waals surface area contributed by atoms with Gasteiger partial charge in [0.1, 0.15) is 6.10 Å². The maximum atomic E-state index is 10.9. The summed E-state index contributed by atoms with van der Waals surface area (Å²) in [6.45, 7) is 2.48. The number of esters is 2. The van der Waals surface area contributed by atoms with Crippen LogP contribution in [-0.4, -0.2) is 41.8 Å². The average Bonchev–Trinajstić information content (AvgIpc) is 2.26. The molecule has 0 aromatic rings. The summed E-state index contributed by atoms with van der Waals surface area (Å²) in [5, 5.41) is 9.83. The second-order valence-corrected chi connectivity index (χ2v) is 3.76. The molecule has 1 unspecified atom stereocenters. The van der Waals surface area contributed by atoms with Crippen LogP contribution >= 0.6 is 0 Å². The molecule has 18 heavy (non-hydrogen) atoms. The minimum absolute atomic E-state index is 0.0903. The number of carbonyl (C=O) groups is 2. The van der Waals surface area contributed by atoms with Crippen LogP contribution in [0.4, 0.5) is 0 Å². The molecule has 0 aliphatic heterocycles. The smallest absolute Gasteiger partial charge is 0.350 e. The van der Waals surface area contributed by atoms with E-state index in [1.54, 1.807) is 0 Å². The molecule has 0 bridgehead atoms. The Morgan fingerprint density at radius 2 is 1.78 bits per heavy atom. The Morgan fingerprint density at radius 3 is 2.11 bits per heavy atom. The summed E-state index contributed by atoms with van der Waals surface area (Å²) < 4.78 is 9.21. The van der Waals surface area contributed by atoms with Crippen LogP contribution in [0.1, 0.15) is 33.1 Å². The Bertz CT molecular complexity index is 288. The lowest BCUT2D eigenvalue weighted by Crippen LogP contribution is -2.51. The van der Waals surface area contributed by atoms with Crippen molar-refractivity contribution >= 4 is 18.2 Å². The van der Waals surface area contributed by atoms with Gasteiger partial charge in [-0.05, 0) is 25.8 Å². The Balaban J connectivity index is 4.84. The molecule has 0 aliphatic carbocycles. The lowest BCUT2D eigenvalue weighted by atomic mass is 10.0. The number of unbranched alkanes of at least 4 members (excludes halogenated alkanes) is 1. The molecule has 0 heterocycles. The Hall–Kier alpha value is -1.47. The molecule has 103 valence electrons. The third-order valence-corrected chi connectivity index (χ3v) is 2.10. The van der Waals surface area contributed by atoms with E-state index in [0.29, 0.717) is 19.4 Å². The zero-order valence-electron chi connectivity index (χ0n) is 10.5. The summed E-state index contributed by atoms with van der Waals surface area (Å²) >= 11 is 0. The normalized spacial score (nSPS) is 12.7. The zero-order valence-corrected chi connectivity index (χ0v) is 10.5. The van der Waals surface area contributed by atoms with Crippen LogP contribution in [0.25, 0.3) is 0 Å². The third kappa shape index (κ3) is 5.24. The highest BCUT2D eigenvalue weighted by Crippen LogP contribution is 2.21. The zero-order chi connectivity index (χ0) is 14.2. The number of rotatable bonds is 8. The predicted octanol–water partition coefficient (Wildman–Crippen LogP) is -0.591. The van der Waals surface area contributed by atoms with Crippen molar-refractivity contribution in [1.82, 2.24) is 0 Å². The Kier molecular flexibility index (Phi) is 7.14. The molecule has 1 radical (unpaired) electrons. The molecule has 0 aromatic heterocycles. The van der Waals surface area contributed by atoms with Crippen molar-refractivity contribution in [3.8, 4) is 0 Å². The van der Waals surface area contributed by atoms with Gasteiger partial charge in [-0.15, -0.1) is 0 Å². The minimum atomic E-state index is -2.40. The van der Waals surface area contributed by atoms with Crippen LogP contribution in [-0.2, 0) is 23.9 Å². The number of aliphatic hydroxyl groups is 1. The second kappa shape index (κ2) is 7.78. The van der Waals surface area contributed by atoms with Crippen LogP contribution in [0, 0.1) is 0 Å². The summed E-state index contributed by atoms with van der Waals surface area (Å²) in [6.07, 6.45) is 1.01. The summed E-state index contributed by atoms with van der Waals surface area (Å²) in [6, 6.07) is 0. The van der Waals surface area contributed by atoms with E-state index in [1.165, 1.54) is 6.29 Å². The first-order valence-corrected chi connectivity index (χ1v) is 5.54. The van der Waals surface area contributed by atoms with Crippen molar-refractivity contribution in [3.63, 3.8) is 0 Å². The quantitative estimate of drug-likeness (QED) is 0.340. The van der Waals surface area contributed by atoms with E-state index in [1.807, 2.05) is 0 Å².